The minimum Gasteiger partial charge on any atom is -0.497 e. The van der Waals surface area contributed by atoms with Gasteiger partial charge in [-0.2, -0.15) is 0 Å². The van der Waals surface area contributed by atoms with E-state index < -0.39 is 0 Å². The molecule has 0 amide bonds. The molecule has 5 aromatic rings. The van der Waals surface area contributed by atoms with E-state index in [0.717, 1.165) is 23.6 Å². The van der Waals surface area contributed by atoms with Crippen molar-refractivity contribution in [2.24, 2.45) is 4.99 Å². The zero-order valence-corrected chi connectivity index (χ0v) is 22.2. The molecule has 0 bridgehead atoms. The number of ether oxygens (including phenoxy) is 2. The second-order valence-corrected chi connectivity index (χ2v) is 9.97. The van der Waals surface area contributed by atoms with Gasteiger partial charge in [-0.25, -0.2) is 0 Å². The number of aliphatic imine (C=N–C) groups is 1. The fraction of sp³-hybridized carbons (Fsp3) is 0.139. The van der Waals surface area contributed by atoms with Crippen LogP contribution < -0.4 is 9.47 Å². The summed E-state index contributed by atoms with van der Waals surface area (Å²) in [4.78, 5) is 5.26. The van der Waals surface area contributed by atoms with E-state index in [1.54, 1.807) is 14.2 Å². The predicted molar refractivity (Wildman–Crippen MR) is 159 cm³/mol. The molecule has 0 saturated heterocycles. The molecule has 3 heteroatoms. The van der Waals surface area contributed by atoms with E-state index in [0.29, 0.717) is 0 Å². The van der Waals surface area contributed by atoms with Gasteiger partial charge in [0, 0.05) is 12.1 Å². The molecule has 1 heterocycles. The van der Waals surface area contributed by atoms with Crippen molar-refractivity contribution in [3.8, 4) is 11.5 Å². The van der Waals surface area contributed by atoms with Crippen LogP contribution in [0.3, 0.4) is 0 Å². The van der Waals surface area contributed by atoms with Gasteiger partial charge in [-0.1, -0.05) is 103 Å². The minimum absolute atomic E-state index is 0.00913. The first kappa shape index (κ1) is 24.7. The van der Waals surface area contributed by atoms with Crippen LogP contribution >= 0.6 is 0 Å². The first-order valence-corrected chi connectivity index (χ1v) is 13.3. The molecule has 39 heavy (non-hydrogen) atoms. The molecule has 5 aromatic carbocycles. The summed E-state index contributed by atoms with van der Waals surface area (Å²) < 4.78 is 10.9. The number of methoxy groups -OCH3 is 2. The average molecular weight is 510 g/mol. The number of nitrogens with zero attached hydrogens (tertiary/aromatic N) is 1. The third-order valence-electron chi connectivity index (χ3n) is 7.82. The third-order valence-corrected chi connectivity index (χ3v) is 7.82. The van der Waals surface area contributed by atoms with Crippen LogP contribution in [-0.2, 0) is 11.8 Å². The van der Waals surface area contributed by atoms with Crippen molar-refractivity contribution in [1.29, 1.82) is 0 Å². The lowest BCUT2D eigenvalue weighted by molar-refractivity contribution is 0.414. The molecule has 1 aliphatic rings. The van der Waals surface area contributed by atoms with Crippen LogP contribution in [-0.4, -0.2) is 20.4 Å². The summed E-state index contributed by atoms with van der Waals surface area (Å²) >= 11 is 0. The van der Waals surface area contributed by atoms with Crippen LogP contribution in [0.1, 0.15) is 39.3 Å². The Bertz CT molecular complexity index is 1490. The smallest absolute Gasteiger partial charge is 0.118 e. The number of fused-ring (bicyclic) bond motifs is 1. The van der Waals surface area contributed by atoms with Gasteiger partial charge in [0.25, 0.3) is 0 Å². The lowest BCUT2D eigenvalue weighted by Gasteiger charge is -2.35. The van der Waals surface area contributed by atoms with Crippen molar-refractivity contribution in [2.45, 2.75) is 17.8 Å². The van der Waals surface area contributed by atoms with Gasteiger partial charge in [0.2, 0.25) is 0 Å². The molecule has 0 fully saturated rings. The summed E-state index contributed by atoms with van der Waals surface area (Å²) in [5.41, 5.74) is 8.03. The standard InChI is InChI=1S/C36H31NO2/c1-38-31-20-16-26(17-21-31)34(27-18-22-32(39-2)23-19-27)33-15-9-10-28-24-36(25-37-35(28)33,29-11-5-3-6-12-29)30-13-7-4-8-14-30/h3-23,25,34H,24H2,1-2H3. The summed E-state index contributed by atoms with van der Waals surface area (Å²) in [6.07, 6.45) is 3.01. The van der Waals surface area contributed by atoms with Crippen molar-refractivity contribution < 1.29 is 9.47 Å². The van der Waals surface area contributed by atoms with Gasteiger partial charge in [0.05, 0.1) is 25.3 Å². The number of benzene rings is 5. The highest BCUT2D eigenvalue weighted by Gasteiger charge is 2.37. The van der Waals surface area contributed by atoms with Crippen LogP contribution in [0.4, 0.5) is 5.69 Å². The van der Waals surface area contributed by atoms with Crippen molar-refractivity contribution >= 4 is 11.9 Å². The molecule has 0 spiro atoms. The summed E-state index contributed by atoms with van der Waals surface area (Å²) in [7, 11) is 3.40. The Morgan fingerprint density at radius 1 is 0.590 bits per heavy atom. The molecule has 1 aliphatic heterocycles. The highest BCUT2D eigenvalue weighted by Crippen LogP contribution is 2.46. The molecule has 0 radical (unpaired) electrons. The van der Waals surface area contributed by atoms with Crippen molar-refractivity contribution in [3.63, 3.8) is 0 Å². The normalized spacial score (nSPS) is 13.6. The molecule has 6 rings (SSSR count). The molecule has 0 atom stereocenters. The van der Waals surface area contributed by atoms with Gasteiger partial charge < -0.3 is 9.47 Å². The van der Waals surface area contributed by atoms with Gasteiger partial charge in [-0.15, -0.1) is 0 Å². The molecular formula is C36H31NO2. The molecule has 0 unspecified atom stereocenters. The zero-order chi connectivity index (χ0) is 26.7. The Labute approximate surface area is 230 Å². The van der Waals surface area contributed by atoms with Gasteiger partial charge >= 0.3 is 0 Å². The number of hydrogen-bond acceptors (Lipinski definition) is 3. The van der Waals surface area contributed by atoms with Crippen LogP contribution in [0.2, 0.25) is 0 Å². The largest absolute Gasteiger partial charge is 0.497 e. The molecule has 3 nitrogen and oxygen atoms in total. The molecular weight excluding hydrogens is 478 g/mol. The van der Waals surface area contributed by atoms with Gasteiger partial charge in [-0.3, -0.25) is 4.99 Å². The number of hydrogen-bond donors (Lipinski definition) is 0. The van der Waals surface area contributed by atoms with Gasteiger partial charge in [-0.05, 0) is 64.1 Å². The first-order chi connectivity index (χ1) is 19.2. The van der Waals surface area contributed by atoms with E-state index in [4.69, 9.17) is 14.5 Å². The Morgan fingerprint density at radius 3 is 1.59 bits per heavy atom. The van der Waals surface area contributed by atoms with Gasteiger partial charge in [0.1, 0.15) is 11.5 Å². The van der Waals surface area contributed by atoms with Crippen LogP contribution in [0.25, 0.3) is 0 Å². The number of rotatable bonds is 7. The van der Waals surface area contributed by atoms with E-state index in [2.05, 4.69) is 109 Å². The first-order valence-electron chi connectivity index (χ1n) is 13.3. The molecule has 0 aliphatic carbocycles. The summed E-state index contributed by atoms with van der Waals surface area (Å²) in [5, 5.41) is 0. The second-order valence-electron chi connectivity index (χ2n) is 9.97. The maximum atomic E-state index is 5.45. The lowest BCUT2D eigenvalue weighted by Crippen LogP contribution is -2.34. The summed E-state index contributed by atoms with van der Waals surface area (Å²) in [6, 6.07) is 44.8. The zero-order valence-electron chi connectivity index (χ0n) is 22.2. The van der Waals surface area contributed by atoms with Crippen molar-refractivity contribution in [1.82, 2.24) is 0 Å². The van der Waals surface area contributed by atoms with E-state index in [-0.39, 0.29) is 11.3 Å². The summed E-state index contributed by atoms with van der Waals surface area (Å²) in [5.74, 6) is 1.70. The third kappa shape index (κ3) is 4.61. The predicted octanol–water partition coefficient (Wildman–Crippen LogP) is 8.13. The SMILES string of the molecule is COc1ccc(C(c2ccc(OC)cc2)c2cccc3c2N=CC(c2ccccc2)(c2ccccc2)C3)cc1. The van der Waals surface area contributed by atoms with E-state index >= 15 is 0 Å². The monoisotopic (exact) mass is 509 g/mol. The topological polar surface area (TPSA) is 30.8 Å². The maximum Gasteiger partial charge on any atom is 0.118 e. The Balaban J connectivity index is 1.51. The van der Waals surface area contributed by atoms with Crippen LogP contribution in [0.15, 0.2) is 132 Å². The second kappa shape index (κ2) is 10.6. The van der Waals surface area contributed by atoms with Crippen LogP contribution in [0, 0.1) is 0 Å². The molecule has 0 aromatic heterocycles. The maximum absolute atomic E-state index is 5.45. The average Bonchev–Trinajstić information content (AvgIpc) is 3.02. The van der Waals surface area contributed by atoms with E-state index in [1.165, 1.54) is 33.4 Å². The fourth-order valence-electron chi connectivity index (χ4n) is 5.80. The van der Waals surface area contributed by atoms with Crippen molar-refractivity contribution in [2.75, 3.05) is 14.2 Å². The molecule has 0 N–H and O–H groups in total. The lowest BCUT2D eigenvalue weighted by atomic mass is 9.69. The highest BCUT2D eigenvalue weighted by atomic mass is 16.5. The van der Waals surface area contributed by atoms with Gasteiger partial charge in [0.15, 0.2) is 0 Å². The highest BCUT2D eigenvalue weighted by molar-refractivity contribution is 5.86. The van der Waals surface area contributed by atoms with E-state index in [1.807, 2.05) is 24.3 Å². The Hall–Kier alpha value is -4.63. The van der Waals surface area contributed by atoms with Crippen LogP contribution in [0.5, 0.6) is 11.5 Å². The quantitative estimate of drug-likeness (QED) is 0.207. The van der Waals surface area contributed by atoms with E-state index in [9.17, 15) is 0 Å². The Morgan fingerprint density at radius 2 is 1.10 bits per heavy atom. The number of para-hydroxylation sites is 1. The minimum atomic E-state index is -0.329. The molecule has 0 saturated carbocycles. The fourth-order valence-corrected chi connectivity index (χ4v) is 5.80. The van der Waals surface area contributed by atoms with Crippen molar-refractivity contribution in [3.05, 3.63) is 161 Å². The Kier molecular flexibility index (Phi) is 6.73. The summed E-state index contributed by atoms with van der Waals surface area (Å²) in [6.45, 7) is 0. The molecule has 192 valence electrons.